The highest BCUT2D eigenvalue weighted by atomic mass is 35.5. The van der Waals surface area contributed by atoms with Gasteiger partial charge in [-0.3, -0.25) is 9.69 Å². The van der Waals surface area contributed by atoms with Gasteiger partial charge in [-0.25, -0.2) is 0 Å². The molecule has 0 spiro atoms. The molecule has 0 bridgehead atoms. The van der Waals surface area contributed by atoms with E-state index < -0.39 is 5.54 Å². The van der Waals surface area contributed by atoms with Crippen LogP contribution in [0.5, 0.6) is 0 Å². The molecule has 1 amide bonds. The third-order valence-corrected chi connectivity index (χ3v) is 3.99. The van der Waals surface area contributed by atoms with Gasteiger partial charge in [-0.1, -0.05) is 20.3 Å². The van der Waals surface area contributed by atoms with E-state index >= 15 is 0 Å². The maximum absolute atomic E-state index is 12.3. The van der Waals surface area contributed by atoms with Crippen molar-refractivity contribution in [2.75, 3.05) is 26.7 Å². The van der Waals surface area contributed by atoms with Crippen molar-refractivity contribution in [1.82, 2.24) is 9.80 Å². The zero-order valence-electron chi connectivity index (χ0n) is 12.8. The Morgan fingerprint density at radius 2 is 2.11 bits per heavy atom. The maximum Gasteiger partial charge on any atom is 0.242 e. The lowest BCUT2D eigenvalue weighted by molar-refractivity contribution is -0.136. The molecule has 0 radical (unpaired) electrons. The summed E-state index contributed by atoms with van der Waals surface area (Å²) in [5, 5.41) is 0. The number of likely N-dealkylation sites (N-methyl/N-ethyl adjacent to an activating group) is 2. The van der Waals surface area contributed by atoms with Crippen LogP contribution in [-0.2, 0) is 4.79 Å². The van der Waals surface area contributed by atoms with E-state index in [0.717, 1.165) is 32.5 Å². The van der Waals surface area contributed by atoms with Gasteiger partial charge in [-0.15, -0.1) is 12.4 Å². The van der Waals surface area contributed by atoms with Crippen LogP contribution in [-0.4, -0.2) is 54.0 Å². The molecular formula is C14H30ClN3O. The smallest absolute Gasteiger partial charge is 0.242 e. The van der Waals surface area contributed by atoms with Crippen LogP contribution < -0.4 is 5.73 Å². The van der Waals surface area contributed by atoms with E-state index in [1.54, 1.807) is 0 Å². The van der Waals surface area contributed by atoms with Crippen molar-refractivity contribution < 1.29 is 4.79 Å². The molecule has 2 unspecified atom stereocenters. The number of hydrogen-bond acceptors (Lipinski definition) is 3. The molecule has 1 rings (SSSR count). The number of carbonyl (C=O) groups is 1. The normalized spacial score (nSPS) is 22.7. The van der Waals surface area contributed by atoms with Crippen LogP contribution in [0.15, 0.2) is 0 Å². The van der Waals surface area contributed by atoms with Crippen molar-refractivity contribution in [3.8, 4) is 0 Å². The van der Waals surface area contributed by atoms with Gasteiger partial charge in [0, 0.05) is 19.6 Å². The predicted octanol–water partition coefficient (Wildman–Crippen LogP) is 1.87. The zero-order chi connectivity index (χ0) is 13.8. The van der Waals surface area contributed by atoms with Gasteiger partial charge in [0.1, 0.15) is 0 Å². The summed E-state index contributed by atoms with van der Waals surface area (Å²) in [5.74, 6) is 0.0762. The Balaban J connectivity index is 0.00000324. The number of carbonyl (C=O) groups excluding carboxylic acids is 1. The SMILES string of the molecule is CCCC(C)(N)C(=O)N(C)CC1CCCN1CC.Cl. The van der Waals surface area contributed by atoms with Gasteiger partial charge in [0.2, 0.25) is 5.91 Å². The van der Waals surface area contributed by atoms with Crippen LogP contribution in [0.4, 0.5) is 0 Å². The monoisotopic (exact) mass is 291 g/mol. The molecule has 2 atom stereocenters. The Bertz CT molecular complexity index is 284. The number of nitrogens with two attached hydrogens (primary N) is 1. The highest BCUT2D eigenvalue weighted by Gasteiger charge is 2.32. The van der Waals surface area contributed by atoms with Crippen molar-refractivity contribution in [1.29, 1.82) is 0 Å². The molecule has 1 aliphatic rings. The molecule has 0 aliphatic carbocycles. The second kappa shape index (κ2) is 8.08. The summed E-state index contributed by atoms with van der Waals surface area (Å²) in [5.41, 5.74) is 5.40. The van der Waals surface area contributed by atoms with E-state index in [1.165, 1.54) is 12.8 Å². The number of halogens is 1. The van der Waals surface area contributed by atoms with Crippen LogP contribution in [0.2, 0.25) is 0 Å². The molecular weight excluding hydrogens is 262 g/mol. The first-order valence-electron chi connectivity index (χ1n) is 7.20. The van der Waals surface area contributed by atoms with Gasteiger partial charge in [-0.05, 0) is 39.3 Å². The minimum Gasteiger partial charge on any atom is -0.343 e. The fourth-order valence-corrected chi connectivity index (χ4v) is 2.98. The Morgan fingerprint density at radius 3 is 2.63 bits per heavy atom. The highest BCUT2D eigenvalue weighted by molar-refractivity contribution is 5.85. The van der Waals surface area contributed by atoms with E-state index in [9.17, 15) is 4.79 Å². The molecule has 1 aliphatic heterocycles. The van der Waals surface area contributed by atoms with E-state index in [-0.39, 0.29) is 18.3 Å². The van der Waals surface area contributed by atoms with Gasteiger partial charge in [0.05, 0.1) is 5.54 Å². The summed E-state index contributed by atoms with van der Waals surface area (Å²) < 4.78 is 0. The summed E-state index contributed by atoms with van der Waals surface area (Å²) in [7, 11) is 1.88. The van der Waals surface area contributed by atoms with Gasteiger partial charge < -0.3 is 10.6 Å². The first-order chi connectivity index (χ1) is 8.42. The van der Waals surface area contributed by atoms with Gasteiger partial charge in [-0.2, -0.15) is 0 Å². The molecule has 4 nitrogen and oxygen atoms in total. The van der Waals surface area contributed by atoms with Crippen LogP contribution in [0.25, 0.3) is 0 Å². The molecule has 0 aromatic heterocycles. The first-order valence-corrected chi connectivity index (χ1v) is 7.20. The summed E-state index contributed by atoms with van der Waals surface area (Å²) in [6.45, 7) is 9.14. The minimum absolute atomic E-state index is 0. The third kappa shape index (κ3) is 4.93. The Labute approximate surface area is 124 Å². The van der Waals surface area contributed by atoms with Crippen LogP contribution in [0, 0.1) is 0 Å². The van der Waals surface area contributed by atoms with Crippen molar-refractivity contribution in [2.24, 2.45) is 5.73 Å². The summed E-state index contributed by atoms with van der Waals surface area (Å²) in [4.78, 5) is 16.6. The Hall–Kier alpha value is -0.320. The lowest BCUT2D eigenvalue weighted by Crippen LogP contribution is -2.54. The van der Waals surface area contributed by atoms with Gasteiger partial charge in [0.25, 0.3) is 0 Å². The predicted molar refractivity (Wildman–Crippen MR) is 82.7 cm³/mol. The van der Waals surface area contributed by atoms with Crippen molar-refractivity contribution >= 4 is 18.3 Å². The number of rotatable bonds is 6. The van der Waals surface area contributed by atoms with Crippen molar-refractivity contribution in [2.45, 2.75) is 58.0 Å². The average Bonchev–Trinajstić information content (AvgIpc) is 2.75. The fraction of sp³-hybridized carbons (Fsp3) is 0.929. The van der Waals surface area contributed by atoms with Crippen LogP contribution in [0.3, 0.4) is 0 Å². The third-order valence-electron chi connectivity index (χ3n) is 3.99. The van der Waals surface area contributed by atoms with Crippen molar-refractivity contribution in [3.05, 3.63) is 0 Å². The summed E-state index contributed by atoms with van der Waals surface area (Å²) in [6, 6.07) is 0.515. The summed E-state index contributed by atoms with van der Waals surface area (Å²) >= 11 is 0. The largest absolute Gasteiger partial charge is 0.343 e. The topological polar surface area (TPSA) is 49.6 Å². The number of hydrogen-bond donors (Lipinski definition) is 1. The molecule has 2 N–H and O–H groups in total. The second-order valence-electron chi connectivity index (χ2n) is 5.78. The van der Waals surface area contributed by atoms with E-state index in [1.807, 2.05) is 18.9 Å². The zero-order valence-corrected chi connectivity index (χ0v) is 13.6. The molecule has 0 aromatic rings. The molecule has 0 aromatic carbocycles. The molecule has 0 saturated carbocycles. The molecule has 1 heterocycles. The van der Waals surface area contributed by atoms with E-state index in [4.69, 9.17) is 5.73 Å². The molecule has 114 valence electrons. The second-order valence-corrected chi connectivity index (χ2v) is 5.78. The molecule has 1 fully saturated rings. The lowest BCUT2D eigenvalue weighted by atomic mass is 9.95. The van der Waals surface area contributed by atoms with Crippen LogP contribution >= 0.6 is 12.4 Å². The average molecular weight is 292 g/mol. The lowest BCUT2D eigenvalue weighted by Gasteiger charge is -2.33. The van der Waals surface area contributed by atoms with Crippen molar-refractivity contribution in [3.63, 3.8) is 0 Å². The molecule has 19 heavy (non-hydrogen) atoms. The van der Waals surface area contributed by atoms with Gasteiger partial charge in [0.15, 0.2) is 0 Å². The minimum atomic E-state index is -0.709. The van der Waals surface area contributed by atoms with E-state index in [2.05, 4.69) is 18.7 Å². The standard InChI is InChI=1S/C14H29N3O.ClH/c1-5-9-14(3,15)13(18)16(4)11-12-8-7-10-17(12)6-2;/h12H,5-11,15H2,1-4H3;1H. The summed E-state index contributed by atoms with van der Waals surface area (Å²) in [6.07, 6.45) is 4.13. The maximum atomic E-state index is 12.3. The number of nitrogens with zero attached hydrogens (tertiary/aromatic N) is 2. The highest BCUT2D eigenvalue weighted by Crippen LogP contribution is 2.19. The molecule has 5 heteroatoms. The number of amides is 1. The fourth-order valence-electron chi connectivity index (χ4n) is 2.98. The first kappa shape index (κ1) is 18.7. The molecule has 1 saturated heterocycles. The van der Waals surface area contributed by atoms with Crippen LogP contribution in [0.1, 0.15) is 46.5 Å². The number of likely N-dealkylation sites (tertiary alicyclic amines) is 1. The van der Waals surface area contributed by atoms with Gasteiger partial charge >= 0.3 is 0 Å². The quantitative estimate of drug-likeness (QED) is 0.813. The Morgan fingerprint density at radius 1 is 1.47 bits per heavy atom. The Kier molecular flexibility index (Phi) is 7.94. The van der Waals surface area contributed by atoms with E-state index in [0.29, 0.717) is 6.04 Å².